The van der Waals surface area contributed by atoms with Crippen LogP contribution in [0.1, 0.15) is 26.3 Å². The van der Waals surface area contributed by atoms with Gasteiger partial charge in [0.25, 0.3) is 5.56 Å². The number of hydrogen-bond donors (Lipinski definition) is 0. The van der Waals surface area contributed by atoms with E-state index in [2.05, 4.69) is 10.1 Å². The Kier molecular flexibility index (Phi) is 5.01. The van der Waals surface area contributed by atoms with Gasteiger partial charge in [0.15, 0.2) is 12.2 Å². The summed E-state index contributed by atoms with van der Waals surface area (Å²) >= 11 is 7.74. The van der Waals surface area contributed by atoms with Crippen molar-refractivity contribution < 1.29 is 4.42 Å². The van der Waals surface area contributed by atoms with Crippen molar-refractivity contribution in [1.82, 2.24) is 14.8 Å². The van der Waals surface area contributed by atoms with Crippen LogP contribution in [0.2, 0.25) is 5.02 Å². The van der Waals surface area contributed by atoms with Gasteiger partial charge < -0.3 is 4.42 Å². The highest BCUT2D eigenvalue weighted by molar-refractivity contribution is 7.98. The summed E-state index contributed by atoms with van der Waals surface area (Å²) in [7, 11) is 0. The fourth-order valence-electron chi connectivity index (χ4n) is 2.28. The Morgan fingerprint density at radius 2 is 1.92 bits per heavy atom. The lowest BCUT2D eigenvalue weighted by Gasteiger charge is -2.21. The molecule has 0 bridgehead atoms. The largest absolute Gasteiger partial charge is 0.444 e. The minimum absolute atomic E-state index is 0.216. The van der Waals surface area contributed by atoms with Gasteiger partial charge >= 0.3 is 0 Å². The van der Waals surface area contributed by atoms with Gasteiger partial charge in [0.05, 0.1) is 22.8 Å². The Hall–Kier alpha value is -2.05. The summed E-state index contributed by atoms with van der Waals surface area (Å²) in [6.07, 6.45) is 4.75. The monoisotopic (exact) mass is 375 g/mol. The van der Waals surface area contributed by atoms with Crippen LogP contribution in [0.3, 0.4) is 0 Å². The molecule has 0 saturated heterocycles. The topological polar surface area (TPSA) is 60.9 Å². The molecule has 0 atom stereocenters. The third kappa shape index (κ3) is 3.96. The average Bonchev–Trinajstić information content (AvgIpc) is 3.10. The van der Waals surface area contributed by atoms with Crippen LogP contribution in [0, 0.1) is 0 Å². The van der Waals surface area contributed by atoms with E-state index in [1.54, 1.807) is 12.4 Å². The first kappa shape index (κ1) is 17.8. The average molecular weight is 376 g/mol. The molecule has 3 aromatic rings. The minimum Gasteiger partial charge on any atom is -0.444 e. The van der Waals surface area contributed by atoms with E-state index >= 15 is 0 Å². The molecule has 0 aliphatic carbocycles. The first-order chi connectivity index (χ1) is 11.9. The maximum atomic E-state index is 12.4. The minimum atomic E-state index is -0.402. The summed E-state index contributed by atoms with van der Waals surface area (Å²) in [5.41, 5.74) is 1.42. The van der Waals surface area contributed by atoms with E-state index in [1.165, 1.54) is 22.8 Å². The molecule has 0 radical (unpaired) electrons. The zero-order valence-electron chi connectivity index (χ0n) is 14.2. The Morgan fingerprint density at radius 3 is 2.52 bits per heavy atom. The molecule has 0 saturated carbocycles. The van der Waals surface area contributed by atoms with E-state index in [0.29, 0.717) is 10.6 Å². The molecule has 0 aliphatic heterocycles. The number of halogens is 1. The second-order valence-corrected chi connectivity index (χ2v) is 7.96. The van der Waals surface area contributed by atoms with Gasteiger partial charge in [0.1, 0.15) is 5.02 Å². The van der Waals surface area contributed by atoms with Gasteiger partial charge in [-0.05, 0) is 26.3 Å². The zero-order chi connectivity index (χ0) is 18.0. The van der Waals surface area contributed by atoms with Crippen LogP contribution in [0.4, 0.5) is 0 Å². The number of nitrogens with zero attached hydrogens (tertiary/aromatic N) is 3. The molecule has 1 aromatic carbocycles. The van der Waals surface area contributed by atoms with E-state index < -0.39 is 5.54 Å². The van der Waals surface area contributed by atoms with Crippen LogP contribution in [0.5, 0.6) is 0 Å². The lowest BCUT2D eigenvalue weighted by atomic mass is 10.1. The molecule has 0 amide bonds. The highest BCUT2D eigenvalue weighted by Crippen LogP contribution is 2.28. The van der Waals surface area contributed by atoms with Crippen LogP contribution >= 0.6 is 23.4 Å². The second-order valence-electron chi connectivity index (χ2n) is 6.56. The summed E-state index contributed by atoms with van der Waals surface area (Å²) in [6.45, 7) is 5.75. The highest BCUT2D eigenvalue weighted by atomic mass is 35.5. The zero-order valence-corrected chi connectivity index (χ0v) is 15.8. The summed E-state index contributed by atoms with van der Waals surface area (Å²) in [6, 6.07) is 7.99. The van der Waals surface area contributed by atoms with Gasteiger partial charge in [-0.15, -0.1) is 11.8 Å². The molecular weight excluding hydrogens is 358 g/mol. The SMILES string of the molecule is CC(C)(C)n1ncc(SCc2ccc(-c3cnco3)cc2)c(Cl)c1=O. The Morgan fingerprint density at radius 1 is 1.20 bits per heavy atom. The summed E-state index contributed by atoms with van der Waals surface area (Å²) in [5.74, 6) is 1.43. The number of oxazole rings is 1. The molecule has 0 aliphatic rings. The smallest absolute Gasteiger partial charge is 0.287 e. The molecule has 2 aromatic heterocycles. The number of thioether (sulfide) groups is 1. The maximum absolute atomic E-state index is 12.4. The Labute approximate surface area is 155 Å². The number of aromatic nitrogens is 3. The molecule has 0 unspecified atom stereocenters. The van der Waals surface area contributed by atoms with Crippen molar-refractivity contribution >= 4 is 23.4 Å². The molecule has 3 rings (SSSR count). The third-order valence-corrected chi connectivity index (χ3v) is 5.16. The second kappa shape index (κ2) is 7.06. The molecule has 130 valence electrons. The number of rotatable bonds is 4. The van der Waals surface area contributed by atoms with Gasteiger partial charge in [-0.3, -0.25) is 4.79 Å². The van der Waals surface area contributed by atoms with E-state index in [1.807, 2.05) is 45.0 Å². The molecule has 0 spiro atoms. The number of hydrogen-bond acceptors (Lipinski definition) is 5. The van der Waals surface area contributed by atoms with Gasteiger partial charge in [-0.2, -0.15) is 5.10 Å². The molecule has 25 heavy (non-hydrogen) atoms. The lowest BCUT2D eigenvalue weighted by Crippen LogP contribution is -2.36. The summed E-state index contributed by atoms with van der Waals surface area (Å²) < 4.78 is 6.69. The molecular formula is C18H18ClN3O2S. The first-order valence-electron chi connectivity index (χ1n) is 7.75. The van der Waals surface area contributed by atoms with Crippen molar-refractivity contribution in [3.05, 3.63) is 64.0 Å². The molecule has 2 heterocycles. The Balaban J connectivity index is 1.74. The summed E-state index contributed by atoms with van der Waals surface area (Å²) in [4.78, 5) is 17.0. The van der Waals surface area contributed by atoms with Gasteiger partial charge in [-0.25, -0.2) is 9.67 Å². The van der Waals surface area contributed by atoms with Gasteiger partial charge in [0.2, 0.25) is 0 Å². The predicted molar refractivity (Wildman–Crippen MR) is 100 cm³/mol. The normalized spacial score (nSPS) is 11.7. The lowest BCUT2D eigenvalue weighted by molar-refractivity contribution is 0.336. The van der Waals surface area contributed by atoms with Gasteiger partial charge in [0, 0.05) is 11.3 Å². The van der Waals surface area contributed by atoms with Crippen molar-refractivity contribution in [2.75, 3.05) is 0 Å². The van der Waals surface area contributed by atoms with E-state index in [9.17, 15) is 4.79 Å². The van der Waals surface area contributed by atoms with E-state index in [0.717, 1.165) is 16.9 Å². The maximum Gasteiger partial charge on any atom is 0.287 e. The van der Waals surface area contributed by atoms with Crippen LogP contribution < -0.4 is 5.56 Å². The molecule has 7 heteroatoms. The van der Waals surface area contributed by atoms with Crippen molar-refractivity contribution in [1.29, 1.82) is 0 Å². The van der Waals surface area contributed by atoms with Crippen molar-refractivity contribution in [3.8, 4) is 11.3 Å². The van der Waals surface area contributed by atoms with E-state index in [-0.39, 0.29) is 10.6 Å². The third-order valence-electron chi connectivity index (χ3n) is 3.59. The van der Waals surface area contributed by atoms with Gasteiger partial charge in [-0.1, -0.05) is 35.9 Å². The summed E-state index contributed by atoms with van der Waals surface area (Å²) in [5, 5.41) is 4.47. The fourth-order valence-corrected chi connectivity index (χ4v) is 3.42. The molecule has 5 nitrogen and oxygen atoms in total. The molecule has 0 N–H and O–H groups in total. The van der Waals surface area contributed by atoms with Crippen molar-refractivity contribution in [2.24, 2.45) is 0 Å². The first-order valence-corrected chi connectivity index (χ1v) is 9.11. The van der Waals surface area contributed by atoms with Crippen molar-refractivity contribution in [3.63, 3.8) is 0 Å². The number of benzene rings is 1. The highest BCUT2D eigenvalue weighted by Gasteiger charge is 2.19. The standard InChI is InChI=1S/C18H18ClN3O2S/c1-18(2,3)22-17(23)16(19)15(9-21-22)25-10-12-4-6-13(7-5-12)14-8-20-11-24-14/h4-9,11H,10H2,1-3H3. The van der Waals surface area contributed by atoms with Crippen LogP contribution in [0.15, 0.2) is 57.2 Å². The van der Waals surface area contributed by atoms with Crippen molar-refractivity contribution in [2.45, 2.75) is 37.0 Å². The van der Waals surface area contributed by atoms with Crippen LogP contribution in [-0.4, -0.2) is 14.8 Å². The Bertz CT molecular complexity index is 913. The van der Waals surface area contributed by atoms with Crippen LogP contribution in [-0.2, 0) is 11.3 Å². The van der Waals surface area contributed by atoms with E-state index in [4.69, 9.17) is 16.0 Å². The molecule has 0 fully saturated rings. The quantitative estimate of drug-likeness (QED) is 0.623. The fraction of sp³-hybridized carbons (Fsp3) is 0.278. The van der Waals surface area contributed by atoms with Crippen LogP contribution in [0.25, 0.3) is 11.3 Å². The predicted octanol–water partition coefficient (Wildman–Crippen LogP) is 4.60.